The molecule has 0 radical (unpaired) electrons. The summed E-state index contributed by atoms with van der Waals surface area (Å²) in [6.07, 6.45) is 0.812. The molecule has 0 aromatic rings. The lowest BCUT2D eigenvalue weighted by atomic mass is 10.4. The second-order valence-corrected chi connectivity index (χ2v) is 6.32. The zero-order valence-corrected chi connectivity index (χ0v) is 7.96. The van der Waals surface area contributed by atoms with Crippen molar-refractivity contribution in [2.75, 3.05) is 23.8 Å². The van der Waals surface area contributed by atoms with E-state index in [0.717, 1.165) is 12.2 Å². The Morgan fingerprint density at radius 1 is 1.55 bits per heavy atom. The van der Waals surface area contributed by atoms with Crippen molar-refractivity contribution < 1.29 is 8.42 Å². The minimum atomic E-state index is -2.69. The van der Waals surface area contributed by atoms with E-state index in [-0.39, 0.29) is 0 Å². The Kier molecular flexibility index (Phi) is 3.21. The van der Waals surface area contributed by atoms with Crippen LogP contribution < -0.4 is 5.73 Å². The highest BCUT2D eigenvalue weighted by Crippen LogP contribution is 2.23. The van der Waals surface area contributed by atoms with Crippen LogP contribution in [-0.2, 0) is 9.84 Å². The molecule has 1 atom stereocenters. The van der Waals surface area contributed by atoms with Crippen molar-refractivity contribution in [3.05, 3.63) is 0 Å². The first-order valence-corrected chi connectivity index (χ1v) is 6.53. The van der Waals surface area contributed by atoms with Crippen LogP contribution in [0.4, 0.5) is 0 Å². The normalized spacial score (nSPS) is 29.0. The maximum atomic E-state index is 11.0. The van der Waals surface area contributed by atoms with E-state index in [9.17, 15) is 8.42 Å². The highest BCUT2D eigenvalue weighted by molar-refractivity contribution is 8.01. The molecule has 0 aromatic carbocycles. The summed E-state index contributed by atoms with van der Waals surface area (Å²) in [6.45, 7) is 0.640. The first-order chi connectivity index (χ1) is 5.14. The van der Waals surface area contributed by atoms with E-state index < -0.39 is 9.84 Å². The van der Waals surface area contributed by atoms with Crippen LogP contribution in [0.15, 0.2) is 0 Å². The molecule has 1 rings (SSSR count). The smallest absolute Gasteiger partial charge is 0.151 e. The largest absolute Gasteiger partial charge is 0.330 e. The highest BCUT2D eigenvalue weighted by atomic mass is 32.2. The molecule has 1 aliphatic heterocycles. The zero-order valence-electron chi connectivity index (χ0n) is 6.32. The van der Waals surface area contributed by atoms with E-state index in [1.807, 2.05) is 0 Å². The van der Waals surface area contributed by atoms with E-state index in [0.29, 0.717) is 23.3 Å². The molecule has 1 aliphatic rings. The quantitative estimate of drug-likeness (QED) is 0.681. The Morgan fingerprint density at radius 2 is 2.27 bits per heavy atom. The molecule has 11 heavy (non-hydrogen) atoms. The lowest BCUT2D eigenvalue weighted by Gasteiger charge is -2.04. The number of hydrogen-bond donors (Lipinski definition) is 1. The third kappa shape index (κ3) is 3.01. The molecule has 2 N–H and O–H groups in total. The fraction of sp³-hybridized carbons (Fsp3) is 1.00. The predicted molar refractivity (Wildman–Crippen MR) is 48.6 cm³/mol. The van der Waals surface area contributed by atoms with Crippen molar-refractivity contribution in [2.24, 2.45) is 5.73 Å². The molecular formula is C6H13NO2S2. The summed E-state index contributed by atoms with van der Waals surface area (Å²) in [5.41, 5.74) is 5.30. The van der Waals surface area contributed by atoms with Crippen LogP contribution in [0.3, 0.4) is 0 Å². The number of thioether (sulfide) groups is 1. The van der Waals surface area contributed by atoms with Gasteiger partial charge in [0.2, 0.25) is 0 Å². The van der Waals surface area contributed by atoms with Crippen LogP contribution in [0.25, 0.3) is 0 Å². The van der Waals surface area contributed by atoms with E-state index in [1.54, 1.807) is 11.8 Å². The average molecular weight is 195 g/mol. The predicted octanol–water partition coefficient (Wildman–Crippen LogP) is -0.135. The number of sulfone groups is 1. The number of rotatable bonds is 3. The van der Waals surface area contributed by atoms with Gasteiger partial charge in [-0.1, -0.05) is 0 Å². The average Bonchev–Trinajstić information content (AvgIpc) is 2.26. The third-order valence-corrected chi connectivity index (χ3v) is 4.99. The molecule has 0 aliphatic carbocycles. The van der Waals surface area contributed by atoms with Gasteiger partial charge in [-0.3, -0.25) is 0 Å². The molecule has 66 valence electrons. The van der Waals surface area contributed by atoms with Gasteiger partial charge in [-0.15, -0.1) is 0 Å². The summed E-state index contributed by atoms with van der Waals surface area (Å²) in [4.78, 5) is 0. The topological polar surface area (TPSA) is 60.2 Å². The van der Waals surface area contributed by atoms with E-state index in [2.05, 4.69) is 0 Å². The van der Waals surface area contributed by atoms with Gasteiger partial charge in [0, 0.05) is 17.5 Å². The van der Waals surface area contributed by atoms with Crippen LogP contribution in [0, 0.1) is 0 Å². The maximum Gasteiger partial charge on any atom is 0.151 e. The van der Waals surface area contributed by atoms with Crippen LogP contribution >= 0.6 is 11.8 Å². The van der Waals surface area contributed by atoms with Gasteiger partial charge >= 0.3 is 0 Å². The zero-order chi connectivity index (χ0) is 8.32. The van der Waals surface area contributed by atoms with Gasteiger partial charge in [0.1, 0.15) is 0 Å². The SMILES string of the molecule is NCCSC1CCS(=O)(=O)C1. The highest BCUT2D eigenvalue weighted by Gasteiger charge is 2.27. The summed E-state index contributed by atoms with van der Waals surface area (Å²) in [5, 5.41) is 0.309. The Morgan fingerprint density at radius 3 is 2.73 bits per heavy atom. The van der Waals surface area contributed by atoms with E-state index >= 15 is 0 Å². The minimum Gasteiger partial charge on any atom is -0.330 e. The van der Waals surface area contributed by atoms with Crippen LogP contribution in [0.5, 0.6) is 0 Å². The summed E-state index contributed by atoms with van der Waals surface area (Å²) >= 11 is 1.68. The second kappa shape index (κ2) is 3.78. The Balaban J connectivity index is 2.31. The molecular weight excluding hydrogens is 182 g/mol. The van der Waals surface area contributed by atoms with Gasteiger partial charge in [-0.2, -0.15) is 11.8 Å². The number of hydrogen-bond acceptors (Lipinski definition) is 4. The molecule has 3 nitrogen and oxygen atoms in total. The monoisotopic (exact) mass is 195 g/mol. The van der Waals surface area contributed by atoms with Crippen LogP contribution in [0.2, 0.25) is 0 Å². The van der Waals surface area contributed by atoms with Crippen molar-refractivity contribution >= 4 is 21.6 Å². The summed E-state index contributed by atoms with van der Waals surface area (Å²) in [7, 11) is -2.69. The molecule has 0 amide bonds. The summed E-state index contributed by atoms with van der Waals surface area (Å²) < 4.78 is 21.9. The fourth-order valence-electron chi connectivity index (χ4n) is 1.13. The van der Waals surface area contributed by atoms with Gasteiger partial charge in [-0.05, 0) is 6.42 Å². The summed E-state index contributed by atoms with van der Waals surface area (Å²) in [6, 6.07) is 0. The fourth-order valence-corrected chi connectivity index (χ4v) is 4.58. The molecule has 0 spiro atoms. The second-order valence-electron chi connectivity index (χ2n) is 2.68. The standard InChI is InChI=1S/C6H13NO2S2/c7-2-3-10-6-1-4-11(8,9)5-6/h6H,1-5,7H2. The van der Waals surface area contributed by atoms with Crippen molar-refractivity contribution in [1.82, 2.24) is 0 Å². The first-order valence-electron chi connectivity index (χ1n) is 3.66. The molecule has 1 saturated heterocycles. The Labute approximate surface area is 71.6 Å². The minimum absolute atomic E-state index is 0.309. The molecule has 0 aromatic heterocycles. The Bertz CT molecular complexity index is 213. The maximum absolute atomic E-state index is 11.0. The van der Waals surface area contributed by atoms with Crippen LogP contribution in [0.1, 0.15) is 6.42 Å². The van der Waals surface area contributed by atoms with E-state index in [4.69, 9.17) is 5.73 Å². The molecule has 1 unspecified atom stereocenters. The number of nitrogens with two attached hydrogens (primary N) is 1. The van der Waals surface area contributed by atoms with Crippen molar-refractivity contribution in [3.63, 3.8) is 0 Å². The van der Waals surface area contributed by atoms with Gasteiger partial charge < -0.3 is 5.73 Å². The lowest BCUT2D eigenvalue weighted by molar-refractivity contribution is 0.602. The van der Waals surface area contributed by atoms with Crippen LogP contribution in [-0.4, -0.2) is 37.5 Å². The molecule has 5 heteroatoms. The molecule has 0 bridgehead atoms. The van der Waals surface area contributed by atoms with Gasteiger partial charge in [0.05, 0.1) is 11.5 Å². The van der Waals surface area contributed by atoms with Crippen molar-refractivity contribution in [3.8, 4) is 0 Å². The van der Waals surface area contributed by atoms with Crippen molar-refractivity contribution in [2.45, 2.75) is 11.7 Å². The van der Waals surface area contributed by atoms with Gasteiger partial charge in [-0.25, -0.2) is 8.42 Å². The third-order valence-electron chi connectivity index (χ3n) is 1.66. The molecule has 1 heterocycles. The molecule has 0 saturated carbocycles. The first kappa shape index (κ1) is 9.35. The molecule has 1 fully saturated rings. The van der Waals surface area contributed by atoms with E-state index in [1.165, 1.54) is 0 Å². The van der Waals surface area contributed by atoms with Gasteiger partial charge in [0.25, 0.3) is 0 Å². The Hall–Kier alpha value is 0.260. The lowest BCUT2D eigenvalue weighted by Crippen LogP contribution is -2.10. The van der Waals surface area contributed by atoms with Gasteiger partial charge in [0.15, 0.2) is 9.84 Å². The summed E-state index contributed by atoms with van der Waals surface area (Å²) in [5.74, 6) is 1.60. The van der Waals surface area contributed by atoms with Crippen molar-refractivity contribution in [1.29, 1.82) is 0 Å².